The summed E-state index contributed by atoms with van der Waals surface area (Å²) in [6.07, 6.45) is 6.12. The Morgan fingerprint density at radius 2 is 1.92 bits per heavy atom. The molecule has 1 aromatic carbocycles. The highest BCUT2D eigenvalue weighted by molar-refractivity contribution is 5.95. The molecule has 0 aliphatic heterocycles. The van der Waals surface area contributed by atoms with Crippen LogP contribution in [0.15, 0.2) is 67.1 Å². The second kappa shape index (κ2) is 9.23. The summed E-state index contributed by atoms with van der Waals surface area (Å²) in [4.78, 5) is 33.4. The van der Waals surface area contributed by atoms with Crippen LogP contribution in [0.5, 0.6) is 0 Å². The Morgan fingerprint density at radius 1 is 1.03 bits per heavy atom. The quantitative estimate of drug-likeness (QED) is 0.282. The third-order valence-electron chi connectivity index (χ3n) is 5.98. The molecule has 0 spiro atoms. The molecule has 0 saturated heterocycles. The molecular formula is C27H21FN8O. The van der Waals surface area contributed by atoms with Crippen molar-refractivity contribution in [2.24, 2.45) is 0 Å². The lowest BCUT2D eigenvalue weighted by atomic mass is 10.1. The Labute approximate surface area is 210 Å². The van der Waals surface area contributed by atoms with Crippen LogP contribution in [0, 0.1) is 5.82 Å². The van der Waals surface area contributed by atoms with Crippen LogP contribution in [0.4, 0.5) is 10.1 Å². The van der Waals surface area contributed by atoms with Gasteiger partial charge in [0, 0.05) is 35.5 Å². The molecular weight excluding hydrogens is 471 g/mol. The van der Waals surface area contributed by atoms with Crippen LogP contribution in [-0.4, -0.2) is 41.0 Å². The Kier molecular flexibility index (Phi) is 5.61. The van der Waals surface area contributed by atoms with Gasteiger partial charge in [-0.2, -0.15) is 5.10 Å². The predicted octanol–water partition coefficient (Wildman–Crippen LogP) is 5.50. The Hall–Kier alpha value is -4.99. The van der Waals surface area contributed by atoms with E-state index in [0.717, 1.165) is 17.5 Å². The Morgan fingerprint density at radius 3 is 2.78 bits per heavy atom. The minimum atomic E-state index is -0.335. The zero-order valence-electron chi connectivity index (χ0n) is 19.8. The number of benzene rings is 1. The molecule has 9 nitrogen and oxygen atoms in total. The second-order valence-electron chi connectivity index (χ2n) is 8.55. The molecule has 3 N–H and O–H groups in total. The van der Waals surface area contributed by atoms with Crippen LogP contribution in [0.2, 0.25) is 0 Å². The van der Waals surface area contributed by atoms with Crippen molar-refractivity contribution in [3.63, 3.8) is 0 Å². The minimum absolute atomic E-state index is 0.0600. The lowest BCUT2D eigenvalue weighted by molar-refractivity contribution is -0.116. The highest BCUT2D eigenvalue weighted by Crippen LogP contribution is 2.32. The number of hydrogen-bond acceptors (Lipinski definition) is 6. The van der Waals surface area contributed by atoms with Crippen molar-refractivity contribution in [1.29, 1.82) is 0 Å². The number of nitrogens with one attached hydrogen (secondary N) is 3. The maximum absolute atomic E-state index is 14.5. The fourth-order valence-corrected chi connectivity index (χ4v) is 4.24. The van der Waals surface area contributed by atoms with E-state index >= 15 is 0 Å². The van der Waals surface area contributed by atoms with E-state index in [1.165, 1.54) is 6.07 Å². The molecule has 0 radical (unpaired) electrons. The average molecular weight is 493 g/mol. The van der Waals surface area contributed by atoms with E-state index < -0.39 is 0 Å². The zero-order chi connectivity index (χ0) is 25.4. The summed E-state index contributed by atoms with van der Waals surface area (Å²) in [6, 6.07) is 13.9. The fourth-order valence-electron chi connectivity index (χ4n) is 4.24. The lowest BCUT2D eigenvalue weighted by Gasteiger charge is -2.06. The highest BCUT2D eigenvalue weighted by Gasteiger charge is 2.18. The maximum Gasteiger partial charge on any atom is 0.224 e. The number of fused-ring (bicyclic) bond motifs is 2. The molecule has 182 valence electrons. The summed E-state index contributed by atoms with van der Waals surface area (Å²) in [7, 11) is 0. The number of halogens is 1. The summed E-state index contributed by atoms with van der Waals surface area (Å²) in [5, 5.41) is 10.3. The topological polar surface area (TPSA) is 125 Å². The molecule has 0 fully saturated rings. The Bertz CT molecular complexity index is 1770. The number of H-pyrrole nitrogens is 2. The van der Waals surface area contributed by atoms with Crippen molar-refractivity contribution in [2.45, 2.75) is 19.8 Å². The average Bonchev–Trinajstić information content (AvgIpc) is 3.53. The van der Waals surface area contributed by atoms with E-state index in [2.05, 4.69) is 30.5 Å². The van der Waals surface area contributed by atoms with E-state index in [-0.39, 0.29) is 11.7 Å². The summed E-state index contributed by atoms with van der Waals surface area (Å²) >= 11 is 0. The van der Waals surface area contributed by atoms with Gasteiger partial charge in [0.05, 0.1) is 23.1 Å². The smallest absolute Gasteiger partial charge is 0.224 e. The molecule has 10 heteroatoms. The van der Waals surface area contributed by atoms with Gasteiger partial charge in [0.1, 0.15) is 16.9 Å². The summed E-state index contributed by atoms with van der Waals surface area (Å²) in [6.45, 7) is 1.95. The lowest BCUT2D eigenvalue weighted by Crippen LogP contribution is -2.10. The number of aromatic nitrogens is 7. The summed E-state index contributed by atoms with van der Waals surface area (Å²) < 4.78 is 14.5. The second-order valence-corrected chi connectivity index (χ2v) is 8.55. The van der Waals surface area contributed by atoms with Crippen molar-refractivity contribution in [2.75, 3.05) is 5.32 Å². The van der Waals surface area contributed by atoms with Crippen LogP contribution in [0.1, 0.15) is 19.8 Å². The third kappa shape index (κ3) is 4.18. The number of imidazole rings is 1. The highest BCUT2D eigenvalue weighted by atomic mass is 19.1. The summed E-state index contributed by atoms with van der Waals surface area (Å²) in [5.74, 6) is 0.0638. The van der Waals surface area contributed by atoms with E-state index in [1.54, 1.807) is 42.9 Å². The van der Waals surface area contributed by atoms with Crippen molar-refractivity contribution >= 4 is 33.8 Å². The van der Waals surface area contributed by atoms with Gasteiger partial charge < -0.3 is 10.3 Å². The standard InChI is InChI=1S/C27H21FN8O/c1-2-5-22(37)31-16-12-15(13-29-14-16)20-8-9-21-24(32-20)25(36-35-21)27-33-23-18(10-11-30-26(23)34-27)17-6-3-4-7-19(17)28/h3-4,6-14H,2,5H2,1H3,(H,31,37)(H,35,36)(H,30,33,34). The number of hydrogen-bond donors (Lipinski definition) is 3. The van der Waals surface area contributed by atoms with Gasteiger partial charge in [-0.05, 0) is 36.8 Å². The first-order valence-corrected chi connectivity index (χ1v) is 11.8. The number of pyridine rings is 3. The van der Waals surface area contributed by atoms with Crippen molar-refractivity contribution < 1.29 is 9.18 Å². The number of carbonyl (C=O) groups is 1. The van der Waals surface area contributed by atoms with Crippen LogP contribution in [0.25, 0.3) is 56.1 Å². The van der Waals surface area contributed by atoms with Gasteiger partial charge in [-0.25, -0.2) is 19.3 Å². The van der Waals surface area contributed by atoms with Crippen molar-refractivity contribution in [3.05, 3.63) is 72.9 Å². The number of nitrogens with zero attached hydrogens (tertiary/aromatic N) is 5. The molecule has 1 amide bonds. The first-order valence-electron chi connectivity index (χ1n) is 11.8. The number of aromatic amines is 2. The van der Waals surface area contributed by atoms with Crippen LogP contribution >= 0.6 is 0 Å². The van der Waals surface area contributed by atoms with Gasteiger partial charge in [-0.3, -0.25) is 14.9 Å². The molecule has 0 aliphatic rings. The minimum Gasteiger partial charge on any atom is -0.325 e. The molecule has 5 heterocycles. The van der Waals surface area contributed by atoms with Crippen LogP contribution in [0.3, 0.4) is 0 Å². The first-order chi connectivity index (χ1) is 18.1. The van der Waals surface area contributed by atoms with Crippen LogP contribution in [-0.2, 0) is 4.79 Å². The Balaban J connectivity index is 1.41. The van der Waals surface area contributed by atoms with Gasteiger partial charge in [-0.15, -0.1) is 0 Å². The number of amides is 1. The largest absolute Gasteiger partial charge is 0.325 e. The van der Waals surface area contributed by atoms with E-state index in [0.29, 0.717) is 57.1 Å². The van der Waals surface area contributed by atoms with E-state index in [9.17, 15) is 9.18 Å². The summed E-state index contributed by atoms with van der Waals surface area (Å²) in [5.41, 5.74) is 5.98. The fraction of sp³-hybridized carbons (Fsp3) is 0.111. The van der Waals surface area contributed by atoms with Gasteiger partial charge in [0.15, 0.2) is 17.2 Å². The molecule has 0 unspecified atom stereocenters. The molecule has 6 rings (SSSR count). The molecule has 0 saturated carbocycles. The van der Waals surface area contributed by atoms with Gasteiger partial charge in [-0.1, -0.05) is 25.1 Å². The maximum atomic E-state index is 14.5. The SMILES string of the molecule is CCCC(=O)Nc1cncc(-c2ccc3[nH]nc(-c4nc5c(-c6ccccc6F)ccnc5[nH]4)c3n2)c1. The number of rotatable bonds is 6. The number of carbonyl (C=O) groups excluding carboxylic acids is 1. The van der Waals surface area contributed by atoms with Gasteiger partial charge in [0.25, 0.3) is 0 Å². The predicted molar refractivity (Wildman–Crippen MR) is 139 cm³/mol. The van der Waals surface area contributed by atoms with E-state index in [4.69, 9.17) is 9.97 Å². The van der Waals surface area contributed by atoms with Crippen LogP contribution < -0.4 is 5.32 Å². The van der Waals surface area contributed by atoms with E-state index in [1.807, 2.05) is 25.1 Å². The third-order valence-corrected chi connectivity index (χ3v) is 5.98. The molecule has 0 atom stereocenters. The van der Waals surface area contributed by atoms with Gasteiger partial charge >= 0.3 is 0 Å². The van der Waals surface area contributed by atoms with Gasteiger partial charge in [0.2, 0.25) is 5.91 Å². The molecule has 37 heavy (non-hydrogen) atoms. The zero-order valence-corrected chi connectivity index (χ0v) is 19.8. The van der Waals surface area contributed by atoms with Crippen molar-refractivity contribution in [1.82, 2.24) is 35.1 Å². The molecule has 0 aliphatic carbocycles. The molecule has 0 bridgehead atoms. The monoisotopic (exact) mass is 492 g/mol. The first kappa shape index (κ1) is 22.5. The number of anilines is 1. The normalized spacial score (nSPS) is 11.3. The van der Waals surface area contributed by atoms with Crippen molar-refractivity contribution in [3.8, 4) is 33.9 Å². The molecule has 6 aromatic rings. The molecule has 5 aromatic heterocycles.